The average molecular weight is 464 g/mol. The maximum absolute atomic E-state index is 11.6. The van der Waals surface area contributed by atoms with Crippen LogP contribution in [0.2, 0.25) is 10.0 Å². The molecule has 7 heteroatoms. The van der Waals surface area contributed by atoms with Gasteiger partial charge in [-0.25, -0.2) is 0 Å². The topological polar surface area (TPSA) is 58.6 Å². The fourth-order valence-corrected chi connectivity index (χ4v) is 3.99. The number of halogens is 2. The number of thioether (sulfide) groups is 1. The third-order valence-electron chi connectivity index (χ3n) is 4.81. The van der Waals surface area contributed by atoms with Crippen LogP contribution in [0, 0.1) is 0 Å². The van der Waals surface area contributed by atoms with Crippen LogP contribution >= 0.6 is 35.0 Å². The molecule has 0 bridgehead atoms. The number of carbonyl (C=O) groups is 1. The van der Waals surface area contributed by atoms with E-state index in [4.69, 9.17) is 27.9 Å². The Morgan fingerprint density at radius 3 is 2.67 bits per heavy atom. The van der Waals surface area contributed by atoms with Gasteiger partial charge in [0.05, 0.1) is 10.0 Å². The van der Waals surface area contributed by atoms with E-state index in [1.807, 2.05) is 48.7 Å². The second-order valence-corrected chi connectivity index (χ2v) is 8.65. The first-order chi connectivity index (χ1) is 14.5. The highest BCUT2D eigenvalue weighted by atomic mass is 35.5. The molecule has 30 heavy (non-hydrogen) atoms. The lowest BCUT2D eigenvalue weighted by Crippen LogP contribution is -2.36. The van der Waals surface area contributed by atoms with Crippen molar-refractivity contribution in [1.29, 1.82) is 0 Å². The Morgan fingerprint density at radius 1 is 1.13 bits per heavy atom. The largest absolute Gasteiger partial charge is 0.489 e. The SMILES string of the molecule is CSCCC(NCc1c(OCc2ccc(Cl)c(Cl)c2)ccc2ccccc12)C(=O)O. The van der Waals surface area contributed by atoms with Gasteiger partial charge in [-0.15, -0.1) is 0 Å². The lowest BCUT2D eigenvalue weighted by molar-refractivity contribution is -0.139. The van der Waals surface area contributed by atoms with Gasteiger partial charge in [0.15, 0.2) is 0 Å². The van der Waals surface area contributed by atoms with E-state index in [2.05, 4.69) is 5.32 Å². The molecule has 0 aliphatic rings. The Bertz CT molecular complexity index is 1030. The third-order valence-corrected chi connectivity index (χ3v) is 6.19. The zero-order valence-corrected chi connectivity index (χ0v) is 18.9. The first kappa shape index (κ1) is 22.8. The highest BCUT2D eigenvalue weighted by Gasteiger charge is 2.18. The molecule has 1 atom stereocenters. The molecule has 3 aromatic rings. The molecule has 3 rings (SSSR count). The molecule has 0 spiro atoms. The van der Waals surface area contributed by atoms with Crippen LogP contribution in [0.5, 0.6) is 5.75 Å². The Hall–Kier alpha value is -1.92. The van der Waals surface area contributed by atoms with Crippen molar-refractivity contribution in [2.45, 2.75) is 25.6 Å². The van der Waals surface area contributed by atoms with Crippen LogP contribution in [-0.2, 0) is 17.9 Å². The van der Waals surface area contributed by atoms with E-state index in [1.54, 1.807) is 23.9 Å². The van der Waals surface area contributed by atoms with Gasteiger partial charge in [-0.05, 0) is 53.0 Å². The van der Waals surface area contributed by atoms with E-state index in [0.29, 0.717) is 35.4 Å². The van der Waals surface area contributed by atoms with Crippen LogP contribution in [0.15, 0.2) is 54.6 Å². The summed E-state index contributed by atoms with van der Waals surface area (Å²) in [4.78, 5) is 11.6. The number of benzene rings is 3. The highest BCUT2D eigenvalue weighted by molar-refractivity contribution is 7.98. The van der Waals surface area contributed by atoms with E-state index < -0.39 is 12.0 Å². The zero-order chi connectivity index (χ0) is 21.5. The van der Waals surface area contributed by atoms with Crippen LogP contribution in [-0.4, -0.2) is 29.1 Å². The minimum atomic E-state index is -0.845. The molecule has 4 nitrogen and oxygen atoms in total. The van der Waals surface area contributed by atoms with E-state index in [1.165, 1.54) is 0 Å². The number of ether oxygens (including phenoxy) is 1. The Morgan fingerprint density at radius 2 is 1.93 bits per heavy atom. The summed E-state index contributed by atoms with van der Waals surface area (Å²) in [5.74, 6) is 0.643. The maximum atomic E-state index is 11.6. The first-order valence-electron chi connectivity index (χ1n) is 9.52. The lowest BCUT2D eigenvalue weighted by atomic mass is 10.0. The second kappa shape index (κ2) is 10.9. The van der Waals surface area contributed by atoms with E-state index in [0.717, 1.165) is 27.7 Å². The van der Waals surface area contributed by atoms with E-state index in [-0.39, 0.29) is 0 Å². The zero-order valence-electron chi connectivity index (χ0n) is 16.5. The Kier molecular flexibility index (Phi) is 8.28. The van der Waals surface area contributed by atoms with Gasteiger partial charge in [0, 0.05) is 12.1 Å². The van der Waals surface area contributed by atoms with Crippen molar-refractivity contribution in [1.82, 2.24) is 5.32 Å². The number of hydrogen-bond donors (Lipinski definition) is 2. The fraction of sp³-hybridized carbons (Fsp3) is 0.261. The predicted molar refractivity (Wildman–Crippen MR) is 126 cm³/mol. The molecule has 0 heterocycles. The minimum absolute atomic E-state index is 0.330. The van der Waals surface area contributed by atoms with Crippen LogP contribution in [0.1, 0.15) is 17.5 Å². The Balaban J connectivity index is 1.84. The van der Waals surface area contributed by atoms with Gasteiger partial charge < -0.3 is 15.2 Å². The molecule has 158 valence electrons. The average Bonchev–Trinajstić information content (AvgIpc) is 2.74. The molecular weight excluding hydrogens is 441 g/mol. The number of nitrogens with one attached hydrogen (secondary N) is 1. The van der Waals surface area contributed by atoms with Crippen molar-refractivity contribution >= 4 is 51.7 Å². The van der Waals surface area contributed by atoms with Gasteiger partial charge in [0.25, 0.3) is 0 Å². The molecule has 0 aromatic heterocycles. The molecule has 0 radical (unpaired) electrons. The van der Waals surface area contributed by atoms with Crippen LogP contribution in [0.4, 0.5) is 0 Å². The summed E-state index contributed by atoms with van der Waals surface area (Å²) in [5.41, 5.74) is 1.84. The van der Waals surface area contributed by atoms with Gasteiger partial charge in [0.1, 0.15) is 18.4 Å². The fourth-order valence-electron chi connectivity index (χ4n) is 3.20. The van der Waals surface area contributed by atoms with Gasteiger partial charge in [-0.3, -0.25) is 4.79 Å². The molecule has 2 N–H and O–H groups in total. The number of carboxylic acid groups (broad SMARTS) is 1. The smallest absolute Gasteiger partial charge is 0.320 e. The summed E-state index contributed by atoms with van der Waals surface area (Å²) in [6.07, 6.45) is 2.53. The summed E-state index contributed by atoms with van der Waals surface area (Å²) >= 11 is 13.7. The number of hydrogen-bond acceptors (Lipinski definition) is 4. The second-order valence-electron chi connectivity index (χ2n) is 6.85. The summed E-state index contributed by atoms with van der Waals surface area (Å²) in [6.45, 7) is 0.723. The first-order valence-corrected chi connectivity index (χ1v) is 11.7. The lowest BCUT2D eigenvalue weighted by Gasteiger charge is -2.18. The van der Waals surface area contributed by atoms with Crippen LogP contribution in [0.25, 0.3) is 10.8 Å². The van der Waals surface area contributed by atoms with Gasteiger partial charge in [0.2, 0.25) is 0 Å². The standard InChI is InChI=1S/C23H23Cl2NO3S/c1-30-11-10-21(23(27)28)26-13-18-17-5-3-2-4-16(17)7-9-22(18)29-14-15-6-8-19(24)20(25)12-15/h2-9,12,21,26H,10-11,13-14H2,1H3,(H,27,28). The molecule has 0 aliphatic heterocycles. The summed E-state index contributed by atoms with van der Waals surface area (Å²) in [5, 5.41) is 15.8. The monoisotopic (exact) mass is 463 g/mol. The molecule has 3 aromatic carbocycles. The number of carboxylic acids is 1. The normalized spacial score (nSPS) is 12.1. The van der Waals surface area contributed by atoms with Gasteiger partial charge in [-0.2, -0.15) is 11.8 Å². The molecular formula is C23H23Cl2NO3S. The van der Waals surface area contributed by atoms with Gasteiger partial charge >= 0.3 is 5.97 Å². The van der Waals surface area contributed by atoms with Crippen molar-refractivity contribution in [2.75, 3.05) is 12.0 Å². The molecule has 0 fully saturated rings. The minimum Gasteiger partial charge on any atom is -0.489 e. The number of rotatable bonds is 10. The summed E-state index contributed by atoms with van der Waals surface area (Å²) in [7, 11) is 0. The van der Waals surface area contributed by atoms with Crippen molar-refractivity contribution in [3.8, 4) is 5.75 Å². The molecule has 0 aliphatic carbocycles. The number of aliphatic carboxylic acids is 1. The van der Waals surface area contributed by atoms with Gasteiger partial charge in [-0.1, -0.05) is 59.6 Å². The molecule has 0 saturated heterocycles. The quantitative estimate of drug-likeness (QED) is 0.384. The third kappa shape index (κ3) is 5.82. The van der Waals surface area contributed by atoms with E-state index >= 15 is 0 Å². The van der Waals surface area contributed by atoms with Crippen LogP contribution in [0.3, 0.4) is 0 Å². The van der Waals surface area contributed by atoms with E-state index in [9.17, 15) is 9.90 Å². The summed E-state index contributed by atoms with van der Waals surface area (Å²) in [6, 6.07) is 16.7. The maximum Gasteiger partial charge on any atom is 0.320 e. The van der Waals surface area contributed by atoms with Crippen LogP contribution < -0.4 is 10.1 Å². The number of fused-ring (bicyclic) bond motifs is 1. The highest BCUT2D eigenvalue weighted by Crippen LogP contribution is 2.30. The molecule has 0 saturated carbocycles. The molecule has 0 amide bonds. The van der Waals surface area contributed by atoms with Crippen molar-refractivity contribution in [3.05, 3.63) is 75.8 Å². The Labute approximate surface area is 190 Å². The molecule has 1 unspecified atom stereocenters. The van der Waals surface area contributed by atoms with Crippen molar-refractivity contribution < 1.29 is 14.6 Å². The predicted octanol–water partition coefficient (Wildman–Crippen LogP) is 6.02. The summed E-state index contributed by atoms with van der Waals surface area (Å²) < 4.78 is 6.11. The van der Waals surface area contributed by atoms with Crippen molar-refractivity contribution in [3.63, 3.8) is 0 Å². The van der Waals surface area contributed by atoms with Crippen molar-refractivity contribution in [2.24, 2.45) is 0 Å².